The van der Waals surface area contributed by atoms with Crippen molar-refractivity contribution in [3.8, 4) is 11.5 Å². The summed E-state index contributed by atoms with van der Waals surface area (Å²) in [5, 5.41) is 9.51. The lowest BCUT2D eigenvalue weighted by Gasteiger charge is -2.22. The number of aromatic nitrogens is 1. The number of benzene rings is 1. The van der Waals surface area contributed by atoms with Gasteiger partial charge in [0.2, 0.25) is 0 Å². The second kappa shape index (κ2) is 4.57. The van der Waals surface area contributed by atoms with Crippen LogP contribution in [-0.2, 0) is 4.79 Å². The molecular weight excluding hydrogens is 242 g/mol. The molecule has 0 saturated heterocycles. The van der Waals surface area contributed by atoms with Crippen molar-refractivity contribution in [2.45, 2.75) is 5.92 Å². The average molecular weight is 253 g/mol. The molecule has 0 radical (unpaired) electrons. The van der Waals surface area contributed by atoms with Crippen LogP contribution in [0.5, 0.6) is 11.5 Å². The van der Waals surface area contributed by atoms with Crippen LogP contribution >= 0.6 is 0 Å². The number of carbonyl (C=O) groups is 1. The zero-order chi connectivity index (χ0) is 13.2. The van der Waals surface area contributed by atoms with E-state index in [0.29, 0.717) is 11.5 Å². The Hall–Kier alpha value is -2.62. The van der Waals surface area contributed by atoms with Crippen LogP contribution in [0.25, 0.3) is 5.76 Å². The Morgan fingerprint density at radius 3 is 2.74 bits per heavy atom. The Bertz CT molecular complexity index is 650. The highest BCUT2D eigenvalue weighted by Gasteiger charge is 2.22. The van der Waals surface area contributed by atoms with Gasteiger partial charge in [0.1, 0.15) is 23.5 Å². The van der Waals surface area contributed by atoms with Gasteiger partial charge in [-0.15, -0.1) is 0 Å². The maximum absolute atomic E-state index is 11.2. The number of carbonyl (C=O) groups excluding carboxylic acids is 1. The Kier molecular flexibility index (Phi) is 2.76. The molecule has 94 valence electrons. The third kappa shape index (κ3) is 2.08. The first-order valence-electron chi connectivity index (χ1n) is 5.86. The van der Waals surface area contributed by atoms with E-state index in [1.54, 1.807) is 30.6 Å². The number of fused-ring (bicyclic) bond motifs is 1. The third-order valence-electron chi connectivity index (χ3n) is 3.02. The molecule has 0 bridgehead atoms. The smallest absolute Gasteiger partial charge is 0.135 e. The van der Waals surface area contributed by atoms with Gasteiger partial charge in [-0.2, -0.15) is 0 Å². The fraction of sp³-hybridized carbons (Fsp3) is 0.0667. The minimum atomic E-state index is -0.368. The standard InChI is InChI=1S/C15H11NO3/c17-9-11-7-14(10-3-5-16-6-4-10)19-15-8-12(18)1-2-13(11)15/h1-9,11,18H. The first-order valence-corrected chi connectivity index (χ1v) is 5.86. The molecule has 2 heterocycles. The van der Waals surface area contributed by atoms with E-state index in [0.717, 1.165) is 17.4 Å². The van der Waals surface area contributed by atoms with Crippen LogP contribution in [0.2, 0.25) is 0 Å². The predicted molar refractivity (Wildman–Crippen MR) is 69.8 cm³/mol. The lowest BCUT2D eigenvalue weighted by molar-refractivity contribution is -0.108. The summed E-state index contributed by atoms with van der Waals surface area (Å²) >= 11 is 0. The summed E-state index contributed by atoms with van der Waals surface area (Å²) in [5.41, 5.74) is 1.60. The SMILES string of the molecule is O=CC1C=C(c2ccncc2)Oc2cc(O)ccc21. The number of rotatable bonds is 2. The van der Waals surface area contributed by atoms with Gasteiger partial charge in [-0.3, -0.25) is 4.98 Å². The molecule has 0 amide bonds. The van der Waals surface area contributed by atoms with Gasteiger partial charge in [0.05, 0.1) is 5.92 Å². The second-order valence-corrected chi connectivity index (χ2v) is 4.25. The normalized spacial score (nSPS) is 17.1. The highest BCUT2D eigenvalue weighted by molar-refractivity contribution is 5.77. The number of nitrogens with zero attached hydrogens (tertiary/aromatic N) is 1. The van der Waals surface area contributed by atoms with Gasteiger partial charge in [0.15, 0.2) is 0 Å². The highest BCUT2D eigenvalue weighted by Crippen LogP contribution is 2.38. The summed E-state index contributed by atoms with van der Waals surface area (Å²) in [5.74, 6) is 0.843. The van der Waals surface area contributed by atoms with E-state index in [1.807, 2.05) is 12.1 Å². The molecule has 0 fully saturated rings. The fourth-order valence-corrected chi connectivity index (χ4v) is 2.08. The number of ether oxygens (including phenoxy) is 1. The molecule has 1 unspecified atom stereocenters. The van der Waals surface area contributed by atoms with Crippen LogP contribution in [-0.4, -0.2) is 16.4 Å². The molecule has 0 saturated carbocycles. The van der Waals surface area contributed by atoms with Crippen LogP contribution in [0.15, 0.2) is 48.8 Å². The van der Waals surface area contributed by atoms with Crippen LogP contribution in [0.1, 0.15) is 17.0 Å². The summed E-state index contributed by atoms with van der Waals surface area (Å²) < 4.78 is 5.75. The van der Waals surface area contributed by atoms with Gasteiger partial charge in [-0.05, 0) is 24.3 Å². The van der Waals surface area contributed by atoms with Crippen molar-refractivity contribution in [1.82, 2.24) is 4.98 Å². The number of aromatic hydroxyl groups is 1. The van der Waals surface area contributed by atoms with Crippen molar-refractivity contribution in [1.29, 1.82) is 0 Å². The average Bonchev–Trinajstić information content (AvgIpc) is 2.46. The minimum absolute atomic E-state index is 0.111. The maximum Gasteiger partial charge on any atom is 0.135 e. The van der Waals surface area contributed by atoms with E-state index in [1.165, 1.54) is 6.07 Å². The van der Waals surface area contributed by atoms with Crippen LogP contribution in [0.3, 0.4) is 0 Å². The van der Waals surface area contributed by atoms with Crippen LogP contribution < -0.4 is 4.74 Å². The van der Waals surface area contributed by atoms with E-state index < -0.39 is 0 Å². The number of pyridine rings is 1. The van der Waals surface area contributed by atoms with Gasteiger partial charge < -0.3 is 14.6 Å². The Morgan fingerprint density at radius 1 is 1.21 bits per heavy atom. The zero-order valence-corrected chi connectivity index (χ0v) is 9.98. The maximum atomic E-state index is 11.2. The largest absolute Gasteiger partial charge is 0.508 e. The summed E-state index contributed by atoms with van der Waals surface area (Å²) in [6.45, 7) is 0. The number of hydrogen-bond acceptors (Lipinski definition) is 4. The molecule has 4 heteroatoms. The number of aldehydes is 1. The molecule has 4 nitrogen and oxygen atoms in total. The number of hydrogen-bond donors (Lipinski definition) is 1. The third-order valence-corrected chi connectivity index (χ3v) is 3.02. The molecule has 1 aromatic carbocycles. The topological polar surface area (TPSA) is 59.4 Å². The van der Waals surface area contributed by atoms with E-state index in [-0.39, 0.29) is 11.7 Å². The number of phenols is 1. The molecule has 3 rings (SSSR count). The lowest BCUT2D eigenvalue weighted by atomic mass is 9.95. The van der Waals surface area contributed by atoms with Crippen molar-refractivity contribution in [3.05, 3.63) is 59.9 Å². The molecule has 1 aliphatic heterocycles. The van der Waals surface area contributed by atoms with Crippen molar-refractivity contribution in [2.24, 2.45) is 0 Å². The first-order chi connectivity index (χ1) is 9.28. The Balaban J connectivity index is 2.07. The minimum Gasteiger partial charge on any atom is -0.508 e. The van der Waals surface area contributed by atoms with Gasteiger partial charge in [0.25, 0.3) is 0 Å². The summed E-state index contributed by atoms with van der Waals surface area (Å²) in [6, 6.07) is 8.37. The number of allylic oxidation sites excluding steroid dienone is 1. The molecular formula is C15H11NO3. The molecule has 1 atom stereocenters. The van der Waals surface area contributed by atoms with Crippen LogP contribution in [0.4, 0.5) is 0 Å². The first kappa shape index (κ1) is 11.5. The van der Waals surface area contributed by atoms with Gasteiger partial charge in [-0.1, -0.05) is 6.07 Å². The van der Waals surface area contributed by atoms with Gasteiger partial charge in [0, 0.05) is 29.6 Å². The molecule has 2 aromatic rings. The van der Waals surface area contributed by atoms with Crippen molar-refractivity contribution in [2.75, 3.05) is 0 Å². The lowest BCUT2D eigenvalue weighted by Crippen LogP contribution is -2.09. The predicted octanol–water partition coefficient (Wildman–Crippen LogP) is 2.50. The summed E-state index contributed by atoms with van der Waals surface area (Å²) in [4.78, 5) is 15.2. The van der Waals surface area contributed by atoms with E-state index in [4.69, 9.17) is 4.74 Å². The van der Waals surface area contributed by atoms with Gasteiger partial charge >= 0.3 is 0 Å². The van der Waals surface area contributed by atoms with Crippen LogP contribution in [0, 0.1) is 0 Å². The molecule has 1 aromatic heterocycles. The summed E-state index contributed by atoms with van der Waals surface area (Å²) in [6.07, 6.45) is 5.95. The fourth-order valence-electron chi connectivity index (χ4n) is 2.08. The number of phenolic OH excluding ortho intramolecular Hbond substituents is 1. The molecule has 0 spiro atoms. The van der Waals surface area contributed by atoms with Crippen molar-refractivity contribution >= 4 is 12.0 Å². The highest BCUT2D eigenvalue weighted by atomic mass is 16.5. The van der Waals surface area contributed by atoms with Crippen molar-refractivity contribution < 1.29 is 14.6 Å². The van der Waals surface area contributed by atoms with E-state index in [9.17, 15) is 9.90 Å². The monoisotopic (exact) mass is 253 g/mol. The van der Waals surface area contributed by atoms with Gasteiger partial charge in [-0.25, -0.2) is 0 Å². The van der Waals surface area contributed by atoms with E-state index >= 15 is 0 Å². The molecule has 0 aliphatic carbocycles. The summed E-state index contributed by atoms with van der Waals surface area (Å²) in [7, 11) is 0. The second-order valence-electron chi connectivity index (χ2n) is 4.25. The quantitative estimate of drug-likeness (QED) is 0.835. The Labute approximate surface area is 110 Å². The molecule has 1 N–H and O–H groups in total. The Morgan fingerprint density at radius 2 is 2.00 bits per heavy atom. The van der Waals surface area contributed by atoms with Crippen molar-refractivity contribution in [3.63, 3.8) is 0 Å². The molecule has 19 heavy (non-hydrogen) atoms. The molecule has 1 aliphatic rings. The zero-order valence-electron chi connectivity index (χ0n) is 9.98. The van der Waals surface area contributed by atoms with E-state index in [2.05, 4.69) is 4.98 Å².